The third kappa shape index (κ3) is 5.54. The summed E-state index contributed by atoms with van der Waals surface area (Å²) in [6, 6.07) is 15.7. The molecule has 0 aliphatic heterocycles. The van der Waals surface area contributed by atoms with Gasteiger partial charge in [-0.15, -0.1) is 0 Å². The lowest BCUT2D eigenvalue weighted by Crippen LogP contribution is -2.36. The van der Waals surface area contributed by atoms with E-state index >= 15 is 0 Å². The van der Waals surface area contributed by atoms with Crippen LogP contribution in [-0.2, 0) is 4.74 Å². The Kier molecular flexibility index (Phi) is 6.91. The van der Waals surface area contributed by atoms with E-state index in [2.05, 4.69) is 9.97 Å². The van der Waals surface area contributed by atoms with Crippen molar-refractivity contribution in [1.29, 1.82) is 0 Å². The smallest absolute Gasteiger partial charge is 0.410 e. The number of likely N-dealkylation sites (N-methyl/N-ethyl adjacent to an activating group) is 1. The second-order valence-electron chi connectivity index (χ2n) is 9.11. The molecule has 0 unspecified atom stereocenters. The second-order valence-corrected chi connectivity index (χ2v) is 9.11. The maximum Gasteiger partial charge on any atom is 0.410 e. The second kappa shape index (κ2) is 10.0. The van der Waals surface area contributed by atoms with Gasteiger partial charge >= 0.3 is 6.09 Å². The van der Waals surface area contributed by atoms with Gasteiger partial charge in [0.25, 0.3) is 0 Å². The number of methoxy groups -OCH3 is 1. The molecule has 3 aromatic heterocycles. The van der Waals surface area contributed by atoms with E-state index in [0.717, 1.165) is 33.4 Å². The number of H-pyrrole nitrogens is 1. The fourth-order valence-electron chi connectivity index (χ4n) is 3.68. The maximum absolute atomic E-state index is 12.3. The number of hydrogen-bond donors (Lipinski definition) is 1. The number of amides is 1. The average molecular weight is 475 g/mol. The van der Waals surface area contributed by atoms with Crippen LogP contribution in [0.2, 0.25) is 0 Å². The summed E-state index contributed by atoms with van der Waals surface area (Å²) < 4.78 is 16.9. The third-order valence-corrected chi connectivity index (χ3v) is 5.33. The van der Waals surface area contributed by atoms with Crippen LogP contribution >= 0.6 is 0 Å². The minimum Gasteiger partial charge on any atom is -0.489 e. The summed E-state index contributed by atoms with van der Waals surface area (Å²) in [5, 5.41) is 0. The quantitative estimate of drug-likeness (QED) is 0.378. The summed E-state index contributed by atoms with van der Waals surface area (Å²) >= 11 is 0. The van der Waals surface area contributed by atoms with Crippen LogP contribution in [0.15, 0.2) is 60.9 Å². The first-order valence-corrected chi connectivity index (χ1v) is 11.4. The lowest BCUT2D eigenvalue weighted by atomic mass is 10.0. The van der Waals surface area contributed by atoms with Crippen molar-refractivity contribution in [1.82, 2.24) is 19.9 Å². The molecular formula is C27H30N4O4. The molecule has 1 aromatic carbocycles. The van der Waals surface area contributed by atoms with E-state index in [1.165, 1.54) is 4.90 Å². The Morgan fingerprint density at radius 2 is 1.86 bits per heavy atom. The van der Waals surface area contributed by atoms with E-state index in [4.69, 9.17) is 19.2 Å². The van der Waals surface area contributed by atoms with Crippen molar-refractivity contribution in [2.45, 2.75) is 26.4 Å². The Morgan fingerprint density at radius 3 is 2.57 bits per heavy atom. The normalized spacial score (nSPS) is 11.3. The van der Waals surface area contributed by atoms with Crippen molar-refractivity contribution in [3.63, 3.8) is 0 Å². The molecule has 4 rings (SSSR count). The zero-order valence-electron chi connectivity index (χ0n) is 20.7. The Bertz CT molecular complexity index is 1310. The summed E-state index contributed by atoms with van der Waals surface area (Å²) in [5.41, 5.74) is 4.80. The fraction of sp³-hybridized carbons (Fsp3) is 0.296. The van der Waals surface area contributed by atoms with Crippen molar-refractivity contribution in [2.24, 2.45) is 0 Å². The first-order valence-electron chi connectivity index (χ1n) is 11.4. The highest BCUT2D eigenvalue weighted by atomic mass is 16.6. The predicted octanol–water partition coefficient (Wildman–Crippen LogP) is 5.55. The number of carbonyl (C=O) groups excluding carboxylic acids is 1. The minimum absolute atomic E-state index is 0.279. The summed E-state index contributed by atoms with van der Waals surface area (Å²) in [5.74, 6) is 1.14. The van der Waals surface area contributed by atoms with Crippen LogP contribution in [0.5, 0.6) is 11.6 Å². The molecule has 3 heterocycles. The van der Waals surface area contributed by atoms with E-state index < -0.39 is 11.7 Å². The van der Waals surface area contributed by atoms with Crippen LogP contribution < -0.4 is 9.47 Å². The topological polar surface area (TPSA) is 89.6 Å². The van der Waals surface area contributed by atoms with Crippen LogP contribution in [0.25, 0.3) is 33.4 Å². The number of nitrogens with one attached hydrogen (secondary N) is 1. The Hall–Kier alpha value is -4.07. The fourth-order valence-corrected chi connectivity index (χ4v) is 3.68. The summed E-state index contributed by atoms with van der Waals surface area (Å²) in [4.78, 5) is 26.2. The van der Waals surface area contributed by atoms with Gasteiger partial charge in [-0.2, -0.15) is 0 Å². The molecule has 0 spiro atoms. The van der Waals surface area contributed by atoms with Gasteiger partial charge in [0.05, 0.1) is 31.1 Å². The molecule has 8 heteroatoms. The van der Waals surface area contributed by atoms with E-state index in [-0.39, 0.29) is 6.61 Å². The van der Waals surface area contributed by atoms with E-state index in [0.29, 0.717) is 18.2 Å². The molecular weight excluding hydrogens is 444 g/mol. The van der Waals surface area contributed by atoms with Gasteiger partial charge in [0, 0.05) is 30.4 Å². The number of hydrogen-bond acceptors (Lipinski definition) is 6. The lowest BCUT2D eigenvalue weighted by Gasteiger charge is -2.24. The van der Waals surface area contributed by atoms with Crippen LogP contribution in [0.4, 0.5) is 4.79 Å². The third-order valence-electron chi connectivity index (χ3n) is 5.33. The van der Waals surface area contributed by atoms with Crippen LogP contribution in [0.1, 0.15) is 20.8 Å². The molecule has 0 saturated carbocycles. The summed E-state index contributed by atoms with van der Waals surface area (Å²) in [7, 11) is 3.29. The number of nitrogens with zero attached hydrogens (tertiary/aromatic N) is 3. The number of pyridine rings is 2. The van der Waals surface area contributed by atoms with Crippen molar-refractivity contribution >= 4 is 17.1 Å². The molecule has 35 heavy (non-hydrogen) atoms. The van der Waals surface area contributed by atoms with Gasteiger partial charge in [-0.1, -0.05) is 30.3 Å². The van der Waals surface area contributed by atoms with E-state index in [1.807, 2.05) is 69.3 Å². The molecule has 0 bridgehead atoms. The van der Waals surface area contributed by atoms with Crippen LogP contribution in [0, 0.1) is 0 Å². The van der Waals surface area contributed by atoms with Gasteiger partial charge in [-0.3, -0.25) is 4.98 Å². The molecule has 182 valence electrons. The first kappa shape index (κ1) is 24.1. The molecule has 0 fully saturated rings. The lowest BCUT2D eigenvalue weighted by molar-refractivity contribution is 0.0278. The number of rotatable bonds is 7. The predicted molar refractivity (Wildman–Crippen MR) is 136 cm³/mol. The minimum atomic E-state index is -0.553. The summed E-state index contributed by atoms with van der Waals surface area (Å²) in [6.45, 7) is 6.16. The monoisotopic (exact) mass is 474 g/mol. The zero-order valence-corrected chi connectivity index (χ0v) is 20.7. The molecule has 0 aliphatic carbocycles. The van der Waals surface area contributed by atoms with Gasteiger partial charge in [-0.05, 0) is 38.5 Å². The van der Waals surface area contributed by atoms with Gasteiger partial charge in [-0.25, -0.2) is 9.78 Å². The Balaban J connectivity index is 1.66. The number of carbonyl (C=O) groups is 1. The Morgan fingerprint density at radius 1 is 1.09 bits per heavy atom. The van der Waals surface area contributed by atoms with Crippen molar-refractivity contribution < 1.29 is 19.0 Å². The van der Waals surface area contributed by atoms with Crippen molar-refractivity contribution in [2.75, 3.05) is 27.3 Å². The highest BCUT2D eigenvalue weighted by Gasteiger charge is 2.21. The average Bonchev–Trinajstić information content (AvgIpc) is 3.22. The van der Waals surface area contributed by atoms with E-state index in [9.17, 15) is 4.79 Å². The first-order chi connectivity index (χ1) is 16.8. The van der Waals surface area contributed by atoms with Crippen LogP contribution in [-0.4, -0.2) is 58.9 Å². The molecule has 0 saturated heterocycles. The molecule has 0 radical (unpaired) electrons. The molecule has 4 aromatic rings. The number of aromatic nitrogens is 3. The highest BCUT2D eigenvalue weighted by Crippen LogP contribution is 2.41. The number of benzene rings is 1. The number of aromatic amines is 1. The molecule has 8 nitrogen and oxygen atoms in total. The molecule has 0 atom stereocenters. The van der Waals surface area contributed by atoms with Crippen molar-refractivity contribution in [3.8, 4) is 34.0 Å². The highest BCUT2D eigenvalue weighted by molar-refractivity contribution is 6.02. The number of fused-ring (bicyclic) bond motifs is 1. The van der Waals surface area contributed by atoms with Gasteiger partial charge in [0.2, 0.25) is 5.88 Å². The van der Waals surface area contributed by atoms with Crippen LogP contribution in [0.3, 0.4) is 0 Å². The van der Waals surface area contributed by atoms with E-state index in [1.54, 1.807) is 26.6 Å². The zero-order chi connectivity index (χ0) is 25.0. The molecule has 0 aliphatic rings. The van der Waals surface area contributed by atoms with Gasteiger partial charge in [0.15, 0.2) is 0 Å². The molecule has 1 amide bonds. The Labute approximate surface area is 204 Å². The largest absolute Gasteiger partial charge is 0.489 e. The molecule has 1 N–H and O–H groups in total. The number of ether oxygens (including phenoxy) is 3. The SMILES string of the molecule is COc1ccc2[nH]c(-c3ccncc3OCCN(C)C(=O)OC(C)(C)C)c(-c3ccccc3)c2n1. The van der Waals surface area contributed by atoms with Gasteiger partial charge in [0.1, 0.15) is 23.5 Å². The van der Waals surface area contributed by atoms with Gasteiger partial charge < -0.3 is 24.1 Å². The standard InChI is InChI=1S/C27H30N4O4/c1-27(2,3)35-26(32)31(4)15-16-34-21-17-28-14-13-19(21)24-23(18-9-7-6-8-10-18)25-20(29-24)11-12-22(30-25)33-5/h6-14,17,29H,15-16H2,1-5H3. The summed E-state index contributed by atoms with van der Waals surface area (Å²) in [6.07, 6.45) is 3.01. The van der Waals surface area contributed by atoms with Crippen molar-refractivity contribution in [3.05, 3.63) is 60.9 Å². The maximum atomic E-state index is 12.3.